The third-order valence-corrected chi connectivity index (χ3v) is 2.93. The molecule has 104 valence electrons. The van der Waals surface area contributed by atoms with Crippen molar-refractivity contribution in [3.8, 4) is 5.75 Å². The summed E-state index contributed by atoms with van der Waals surface area (Å²) in [6, 6.07) is 6.15. The Kier molecular flexibility index (Phi) is 4.36. The van der Waals surface area contributed by atoms with Gasteiger partial charge in [0, 0.05) is 6.07 Å². The van der Waals surface area contributed by atoms with Crippen LogP contribution in [0.3, 0.4) is 0 Å². The van der Waals surface area contributed by atoms with E-state index < -0.39 is 10.7 Å². The highest BCUT2D eigenvalue weighted by Gasteiger charge is 2.12. The molecule has 0 atom stereocenters. The lowest BCUT2D eigenvalue weighted by Gasteiger charge is -2.08. The third-order valence-electron chi connectivity index (χ3n) is 2.38. The van der Waals surface area contributed by atoms with E-state index in [-0.39, 0.29) is 23.2 Å². The Balaban J connectivity index is 2.15. The Morgan fingerprint density at radius 3 is 2.70 bits per heavy atom. The number of hydrogen-bond acceptors (Lipinski definition) is 4. The van der Waals surface area contributed by atoms with Gasteiger partial charge < -0.3 is 4.74 Å². The maximum absolute atomic E-state index is 13.6. The molecular formula is C12H7Cl2FN2O3. The largest absolute Gasteiger partial charge is 0.484 e. The molecule has 1 aromatic carbocycles. The maximum Gasteiger partial charge on any atom is 0.272 e. The molecular weight excluding hydrogens is 310 g/mol. The Morgan fingerprint density at radius 1 is 1.30 bits per heavy atom. The summed E-state index contributed by atoms with van der Waals surface area (Å²) in [4.78, 5) is 13.7. The average molecular weight is 317 g/mol. The summed E-state index contributed by atoms with van der Waals surface area (Å²) in [5.41, 5.74) is -0.00863. The number of non-ortho nitro benzene ring substituents is 1. The average Bonchev–Trinajstić information content (AvgIpc) is 2.40. The Bertz CT molecular complexity index is 667. The summed E-state index contributed by atoms with van der Waals surface area (Å²) in [6.07, 6.45) is 0. The maximum atomic E-state index is 13.6. The predicted molar refractivity (Wildman–Crippen MR) is 71.6 cm³/mol. The molecule has 1 heterocycles. The van der Waals surface area contributed by atoms with Crippen LogP contribution < -0.4 is 4.74 Å². The van der Waals surface area contributed by atoms with Crippen LogP contribution in [0.5, 0.6) is 5.75 Å². The second-order valence-electron chi connectivity index (χ2n) is 3.72. The van der Waals surface area contributed by atoms with Crippen LogP contribution in [0.2, 0.25) is 10.2 Å². The van der Waals surface area contributed by atoms with Gasteiger partial charge >= 0.3 is 0 Å². The molecule has 0 saturated carbocycles. The van der Waals surface area contributed by atoms with Crippen LogP contribution in [0.15, 0.2) is 30.3 Å². The zero-order valence-corrected chi connectivity index (χ0v) is 11.4. The van der Waals surface area contributed by atoms with E-state index in [1.54, 1.807) is 6.07 Å². The molecule has 0 spiro atoms. The molecule has 1 aromatic heterocycles. The first-order valence-electron chi connectivity index (χ1n) is 5.35. The van der Waals surface area contributed by atoms with Gasteiger partial charge in [-0.1, -0.05) is 23.2 Å². The number of ether oxygens (including phenoxy) is 1. The monoisotopic (exact) mass is 316 g/mol. The first-order chi connectivity index (χ1) is 9.47. The zero-order valence-electron chi connectivity index (χ0n) is 9.85. The van der Waals surface area contributed by atoms with E-state index in [2.05, 4.69) is 4.98 Å². The van der Waals surface area contributed by atoms with Crippen molar-refractivity contribution in [3.63, 3.8) is 0 Å². The van der Waals surface area contributed by atoms with Gasteiger partial charge in [-0.25, -0.2) is 9.37 Å². The van der Waals surface area contributed by atoms with Crippen molar-refractivity contribution in [1.82, 2.24) is 4.98 Å². The summed E-state index contributed by atoms with van der Waals surface area (Å²) in [5.74, 6) is -0.967. The van der Waals surface area contributed by atoms with E-state index in [1.165, 1.54) is 12.1 Å². The van der Waals surface area contributed by atoms with Crippen LogP contribution in [0.1, 0.15) is 5.69 Å². The van der Waals surface area contributed by atoms with E-state index in [0.29, 0.717) is 10.7 Å². The quantitative estimate of drug-likeness (QED) is 0.485. The van der Waals surface area contributed by atoms with Crippen molar-refractivity contribution < 1.29 is 14.1 Å². The topological polar surface area (TPSA) is 65.3 Å². The van der Waals surface area contributed by atoms with E-state index >= 15 is 0 Å². The normalized spacial score (nSPS) is 10.3. The molecule has 2 aromatic rings. The molecule has 20 heavy (non-hydrogen) atoms. The molecule has 0 radical (unpaired) electrons. The van der Waals surface area contributed by atoms with Crippen LogP contribution >= 0.6 is 23.2 Å². The Labute approximate surface area is 123 Å². The van der Waals surface area contributed by atoms with Gasteiger partial charge in [0.25, 0.3) is 5.69 Å². The van der Waals surface area contributed by atoms with Crippen molar-refractivity contribution in [2.75, 3.05) is 0 Å². The lowest BCUT2D eigenvalue weighted by atomic mass is 10.3. The van der Waals surface area contributed by atoms with E-state index in [9.17, 15) is 14.5 Å². The van der Waals surface area contributed by atoms with Gasteiger partial charge in [-0.3, -0.25) is 10.1 Å². The summed E-state index contributed by atoms with van der Waals surface area (Å²) in [7, 11) is 0. The highest BCUT2D eigenvalue weighted by atomic mass is 35.5. The van der Waals surface area contributed by atoms with Crippen LogP contribution in [0, 0.1) is 15.9 Å². The second kappa shape index (κ2) is 6.02. The van der Waals surface area contributed by atoms with Gasteiger partial charge in [0.05, 0.1) is 21.7 Å². The first-order valence-corrected chi connectivity index (χ1v) is 6.10. The summed E-state index contributed by atoms with van der Waals surface area (Å²) < 4.78 is 18.8. The van der Waals surface area contributed by atoms with Gasteiger partial charge in [0.15, 0.2) is 11.6 Å². The fraction of sp³-hybridized carbons (Fsp3) is 0.0833. The molecule has 0 aliphatic rings. The summed E-state index contributed by atoms with van der Waals surface area (Å²) in [5, 5.41) is 11.0. The molecule has 0 unspecified atom stereocenters. The molecule has 0 amide bonds. The van der Waals surface area contributed by atoms with Gasteiger partial charge in [0.2, 0.25) is 0 Å². The molecule has 5 nitrogen and oxygen atoms in total. The minimum atomic E-state index is -0.836. The molecule has 0 aliphatic heterocycles. The van der Waals surface area contributed by atoms with Gasteiger partial charge in [0.1, 0.15) is 11.8 Å². The number of pyridine rings is 1. The highest BCUT2D eigenvalue weighted by molar-refractivity contribution is 6.32. The minimum Gasteiger partial charge on any atom is -0.484 e. The predicted octanol–water partition coefficient (Wildman–Crippen LogP) is 4.01. The SMILES string of the molecule is O=[N+]([O-])c1ccc(OCc2nc(Cl)ccc2Cl)c(F)c1. The fourth-order valence-electron chi connectivity index (χ4n) is 1.43. The van der Waals surface area contributed by atoms with Gasteiger partial charge in [-0.2, -0.15) is 0 Å². The summed E-state index contributed by atoms with van der Waals surface area (Å²) in [6.45, 7) is -0.103. The van der Waals surface area contributed by atoms with Crippen LogP contribution in [0.4, 0.5) is 10.1 Å². The standard InChI is InChI=1S/C12H7Cl2FN2O3/c13-8-2-4-12(14)16-10(8)6-20-11-3-1-7(17(18)19)5-9(11)15/h1-5H,6H2. The third kappa shape index (κ3) is 3.34. The molecule has 0 fully saturated rings. The van der Waals surface area contributed by atoms with Crippen LogP contribution in [-0.4, -0.2) is 9.91 Å². The van der Waals surface area contributed by atoms with Crippen LogP contribution in [0.25, 0.3) is 0 Å². The zero-order chi connectivity index (χ0) is 14.7. The highest BCUT2D eigenvalue weighted by Crippen LogP contribution is 2.24. The van der Waals surface area contributed by atoms with Crippen molar-refractivity contribution in [1.29, 1.82) is 0 Å². The van der Waals surface area contributed by atoms with Gasteiger partial charge in [-0.15, -0.1) is 0 Å². The number of rotatable bonds is 4. The van der Waals surface area contributed by atoms with Crippen molar-refractivity contribution in [2.45, 2.75) is 6.61 Å². The summed E-state index contributed by atoms with van der Waals surface area (Å²) >= 11 is 11.6. The van der Waals surface area contributed by atoms with Crippen molar-refractivity contribution >= 4 is 28.9 Å². The van der Waals surface area contributed by atoms with E-state index in [1.807, 2.05) is 0 Å². The smallest absolute Gasteiger partial charge is 0.272 e. The second-order valence-corrected chi connectivity index (χ2v) is 4.52. The fourth-order valence-corrected chi connectivity index (χ4v) is 1.75. The molecule has 0 N–H and O–H groups in total. The number of halogens is 3. The van der Waals surface area contributed by atoms with Crippen LogP contribution in [-0.2, 0) is 6.61 Å². The number of aromatic nitrogens is 1. The number of nitro groups is 1. The lowest BCUT2D eigenvalue weighted by Crippen LogP contribution is -2.01. The molecule has 2 rings (SSSR count). The number of nitro benzene ring substituents is 1. The number of hydrogen-bond donors (Lipinski definition) is 0. The molecule has 8 heteroatoms. The molecule has 0 bridgehead atoms. The van der Waals surface area contributed by atoms with E-state index in [0.717, 1.165) is 12.1 Å². The Morgan fingerprint density at radius 2 is 2.05 bits per heavy atom. The van der Waals surface area contributed by atoms with Crippen molar-refractivity contribution in [3.05, 3.63) is 62.1 Å². The number of benzene rings is 1. The van der Waals surface area contributed by atoms with E-state index in [4.69, 9.17) is 27.9 Å². The Hall–Kier alpha value is -1.92. The number of nitrogens with zero attached hydrogens (tertiary/aromatic N) is 2. The first kappa shape index (κ1) is 14.5. The molecule has 0 saturated heterocycles. The molecule has 0 aliphatic carbocycles. The van der Waals surface area contributed by atoms with Crippen molar-refractivity contribution in [2.24, 2.45) is 0 Å². The lowest BCUT2D eigenvalue weighted by molar-refractivity contribution is -0.385. The van der Waals surface area contributed by atoms with Gasteiger partial charge in [-0.05, 0) is 18.2 Å². The minimum absolute atomic E-state index is 0.103.